The van der Waals surface area contributed by atoms with Gasteiger partial charge in [0.1, 0.15) is 5.82 Å². The van der Waals surface area contributed by atoms with E-state index >= 15 is 0 Å². The average molecular weight is 360 g/mol. The van der Waals surface area contributed by atoms with Gasteiger partial charge in [0.2, 0.25) is 5.91 Å². The lowest BCUT2D eigenvalue weighted by Crippen LogP contribution is -2.40. The van der Waals surface area contributed by atoms with Gasteiger partial charge in [0.05, 0.1) is 11.6 Å². The van der Waals surface area contributed by atoms with Crippen molar-refractivity contribution in [3.8, 4) is 6.07 Å². The second kappa shape index (κ2) is 6.81. The molecule has 27 heavy (non-hydrogen) atoms. The number of carbonyl (C=O) groups is 2. The van der Waals surface area contributed by atoms with Gasteiger partial charge >= 0.3 is 0 Å². The van der Waals surface area contributed by atoms with Crippen molar-refractivity contribution >= 4 is 17.4 Å². The Morgan fingerprint density at radius 1 is 1.07 bits per heavy atom. The maximum atomic E-state index is 13.7. The molecule has 134 valence electrons. The third-order valence-electron chi connectivity index (χ3n) is 5.18. The van der Waals surface area contributed by atoms with Crippen LogP contribution in [0, 0.1) is 17.1 Å². The monoisotopic (exact) mass is 360 g/mol. The number of rotatable bonds is 2. The molecule has 0 radical (unpaired) electrons. The van der Waals surface area contributed by atoms with E-state index in [1.807, 2.05) is 0 Å². The van der Waals surface area contributed by atoms with Crippen LogP contribution in [0.15, 0.2) is 59.8 Å². The molecule has 0 saturated heterocycles. The van der Waals surface area contributed by atoms with Gasteiger partial charge in [-0.1, -0.05) is 12.1 Å². The van der Waals surface area contributed by atoms with Crippen molar-refractivity contribution in [2.45, 2.75) is 31.6 Å². The van der Waals surface area contributed by atoms with E-state index in [1.165, 1.54) is 12.1 Å². The van der Waals surface area contributed by atoms with Gasteiger partial charge in [-0.05, 0) is 54.8 Å². The first-order chi connectivity index (χ1) is 13.1. The van der Waals surface area contributed by atoms with Gasteiger partial charge < -0.3 is 0 Å². The molecule has 0 aromatic heterocycles. The zero-order valence-electron chi connectivity index (χ0n) is 14.6. The molecule has 1 aliphatic heterocycles. The highest BCUT2D eigenvalue weighted by molar-refractivity contribution is 6.07. The highest BCUT2D eigenvalue weighted by atomic mass is 19.1. The number of amides is 1. The molecular weight excluding hydrogens is 343 g/mol. The summed E-state index contributed by atoms with van der Waals surface area (Å²) in [7, 11) is 0. The Balaban J connectivity index is 1.84. The van der Waals surface area contributed by atoms with Gasteiger partial charge in [0.15, 0.2) is 5.78 Å². The van der Waals surface area contributed by atoms with Crippen LogP contribution in [0.3, 0.4) is 0 Å². The molecule has 4 nitrogen and oxygen atoms in total. The van der Waals surface area contributed by atoms with Crippen molar-refractivity contribution in [1.29, 1.82) is 5.26 Å². The molecule has 0 spiro atoms. The van der Waals surface area contributed by atoms with E-state index in [2.05, 4.69) is 6.07 Å². The molecule has 0 fully saturated rings. The molecule has 1 unspecified atom stereocenters. The summed E-state index contributed by atoms with van der Waals surface area (Å²) in [6, 6.07) is 15.0. The Labute approximate surface area is 156 Å². The minimum atomic E-state index is -0.411. The fourth-order valence-electron chi connectivity index (χ4n) is 3.99. The van der Waals surface area contributed by atoms with Crippen LogP contribution < -0.4 is 4.90 Å². The SMILES string of the molecule is N#Cc1ccc(N2C(=O)CC(c3cccc(F)c3)C3=C2CCCC3=O)cc1. The van der Waals surface area contributed by atoms with E-state index < -0.39 is 5.92 Å². The Kier molecular flexibility index (Phi) is 4.33. The third-order valence-corrected chi connectivity index (χ3v) is 5.18. The molecule has 2 aliphatic rings. The molecule has 0 bridgehead atoms. The smallest absolute Gasteiger partial charge is 0.232 e. The van der Waals surface area contributed by atoms with Crippen LogP contribution in [0.1, 0.15) is 42.7 Å². The van der Waals surface area contributed by atoms with Gasteiger partial charge in [-0.3, -0.25) is 14.5 Å². The normalized spacial score (nSPS) is 19.7. The summed E-state index contributed by atoms with van der Waals surface area (Å²) in [5, 5.41) is 8.98. The van der Waals surface area contributed by atoms with Gasteiger partial charge in [-0.25, -0.2) is 4.39 Å². The first-order valence-electron chi connectivity index (χ1n) is 8.93. The van der Waals surface area contributed by atoms with E-state index in [-0.39, 0.29) is 23.9 Å². The Bertz CT molecular complexity index is 1000. The minimum Gasteiger partial charge on any atom is -0.294 e. The van der Waals surface area contributed by atoms with E-state index in [9.17, 15) is 14.0 Å². The van der Waals surface area contributed by atoms with E-state index in [1.54, 1.807) is 41.3 Å². The van der Waals surface area contributed by atoms with E-state index in [0.29, 0.717) is 47.3 Å². The predicted octanol–water partition coefficient (Wildman–Crippen LogP) is 4.22. The van der Waals surface area contributed by atoms with Crippen molar-refractivity contribution in [3.63, 3.8) is 0 Å². The van der Waals surface area contributed by atoms with Gasteiger partial charge in [-0.2, -0.15) is 5.26 Å². The number of halogens is 1. The molecule has 4 rings (SSSR count). The van der Waals surface area contributed by atoms with Crippen molar-refractivity contribution in [1.82, 2.24) is 0 Å². The van der Waals surface area contributed by atoms with Gasteiger partial charge in [-0.15, -0.1) is 0 Å². The van der Waals surface area contributed by atoms with Crippen LogP contribution in [0.25, 0.3) is 0 Å². The number of benzene rings is 2. The number of nitrogens with zero attached hydrogens (tertiary/aromatic N) is 2. The van der Waals surface area contributed by atoms with Crippen LogP contribution in [0.5, 0.6) is 0 Å². The van der Waals surface area contributed by atoms with Crippen LogP contribution >= 0.6 is 0 Å². The summed E-state index contributed by atoms with van der Waals surface area (Å²) in [6.07, 6.45) is 1.88. The maximum Gasteiger partial charge on any atom is 0.232 e. The van der Waals surface area contributed by atoms with Crippen LogP contribution in [-0.4, -0.2) is 11.7 Å². The number of allylic oxidation sites excluding steroid dienone is 2. The standard InChI is InChI=1S/C22H17FN2O2/c23-16-4-1-3-15(11-16)18-12-21(27)25(17-9-7-14(13-24)8-10-17)19-5-2-6-20(26)22(18)19/h1,3-4,7-11,18H,2,5-6,12H2. The number of anilines is 1. The maximum absolute atomic E-state index is 13.7. The van der Waals surface area contributed by atoms with Gasteiger partial charge in [0, 0.05) is 35.7 Å². The molecule has 5 heteroatoms. The molecule has 1 aliphatic carbocycles. The number of ketones is 1. The number of carbonyl (C=O) groups excluding carboxylic acids is 2. The Morgan fingerprint density at radius 3 is 2.56 bits per heavy atom. The fourth-order valence-corrected chi connectivity index (χ4v) is 3.99. The van der Waals surface area contributed by atoms with Crippen molar-refractivity contribution in [2.24, 2.45) is 0 Å². The van der Waals surface area contributed by atoms with Crippen LogP contribution in [0.4, 0.5) is 10.1 Å². The second-order valence-electron chi connectivity index (χ2n) is 6.84. The first-order valence-corrected chi connectivity index (χ1v) is 8.93. The summed E-state index contributed by atoms with van der Waals surface area (Å²) < 4.78 is 13.7. The zero-order chi connectivity index (χ0) is 19.0. The van der Waals surface area contributed by atoms with Gasteiger partial charge in [0.25, 0.3) is 0 Å². The summed E-state index contributed by atoms with van der Waals surface area (Å²) in [6.45, 7) is 0. The third kappa shape index (κ3) is 3.04. The quantitative estimate of drug-likeness (QED) is 0.805. The highest BCUT2D eigenvalue weighted by Gasteiger charge is 2.39. The van der Waals surface area contributed by atoms with E-state index in [0.717, 1.165) is 0 Å². The fraction of sp³-hybridized carbons (Fsp3) is 0.227. The van der Waals surface area contributed by atoms with Crippen LogP contribution in [0.2, 0.25) is 0 Å². The predicted molar refractivity (Wildman–Crippen MR) is 98.3 cm³/mol. The lowest BCUT2D eigenvalue weighted by atomic mass is 9.77. The molecule has 2 aromatic rings. The molecule has 2 aromatic carbocycles. The molecule has 1 heterocycles. The van der Waals surface area contributed by atoms with Crippen molar-refractivity contribution < 1.29 is 14.0 Å². The lowest BCUT2D eigenvalue weighted by Gasteiger charge is -2.38. The summed E-state index contributed by atoms with van der Waals surface area (Å²) in [5.74, 6) is -0.885. The molecule has 0 saturated carbocycles. The summed E-state index contributed by atoms with van der Waals surface area (Å²) in [5.41, 5.74) is 3.15. The molecule has 1 atom stereocenters. The Morgan fingerprint density at radius 2 is 1.85 bits per heavy atom. The minimum absolute atomic E-state index is 0.0247. The average Bonchev–Trinajstić information content (AvgIpc) is 2.68. The Hall–Kier alpha value is -3.26. The lowest BCUT2D eigenvalue weighted by molar-refractivity contribution is -0.119. The number of hydrogen-bond acceptors (Lipinski definition) is 3. The first kappa shape index (κ1) is 17.2. The second-order valence-corrected chi connectivity index (χ2v) is 6.84. The summed E-state index contributed by atoms with van der Waals surface area (Å²) in [4.78, 5) is 27.4. The largest absolute Gasteiger partial charge is 0.294 e. The molecular formula is C22H17FN2O2. The van der Waals surface area contributed by atoms with Crippen molar-refractivity contribution in [2.75, 3.05) is 4.90 Å². The zero-order valence-corrected chi connectivity index (χ0v) is 14.6. The summed E-state index contributed by atoms with van der Waals surface area (Å²) >= 11 is 0. The number of nitriles is 1. The van der Waals surface area contributed by atoms with E-state index in [4.69, 9.17) is 5.26 Å². The molecule has 1 amide bonds. The number of Topliss-reactive ketones (excluding diaryl/α,β-unsaturated/α-hetero) is 1. The number of hydrogen-bond donors (Lipinski definition) is 0. The molecule has 0 N–H and O–H groups in total. The topological polar surface area (TPSA) is 61.2 Å². The highest BCUT2D eigenvalue weighted by Crippen LogP contribution is 2.43. The van der Waals surface area contributed by atoms with Crippen molar-refractivity contribution in [3.05, 3.63) is 76.7 Å². The van der Waals surface area contributed by atoms with Crippen LogP contribution in [-0.2, 0) is 9.59 Å².